The molecule has 0 N–H and O–H groups in total. The van der Waals surface area contributed by atoms with Crippen LogP contribution >= 0.6 is 0 Å². The van der Waals surface area contributed by atoms with Crippen molar-refractivity contribution in [2.75, 3.05) is 0 Å². The third-order valence-electron chi connectivity index (χ3n) is 4.38. The lowest BCUT2D eigenvalue weighted by molar-refractivity contribution is -0.137. The summed E-state index contributed by atoms with van der Waals surface area (Å²) in [7, 11) is 1.77. The zero-order valence-electron chi connectivity index (χ0n) is 16.1. The summed E-state index contributed by atoms with van der Waals surface area (Å²) in [6, 6.07) is 7.92. The lowest BCUT2D eigenvalue weighted by atomic mass is 10.1. The van der Waals surface area contributed by atoms with E-state index in [0.29, 0.717) is 22.8 Å². The average Bonchev–Trinajstić information content (AvgIpc) is 3.21. The normalized spacial score (nSPS) is 11.9. The van der Waals surface area contributed by atoms with Gasteiger partial charge in [-0.1, -0.05) is 6.07 Å². The molecule has 8 heteroatoms. The van der Waals surface area contributed by atoms with Gasteiger partial charge in [0.15, 0.2) is 5.78 Å². The predicted octanol–water partition coefficient (Wildman–Crippen LogP) is 5.12. The number of hydrogen-bond acceptors (Lipinski definition) is 4. The molecule has 29 heavy (non-hydrogen) atoms. The van der Waals surface area contributed by atoms with Gasteiger partial charge in [-0.25, -0.2) is 0 Å². The van der Waals surface area contributed by atoms with E-state index in [2.05, 4.69) is 5.10 Å². The molecule has 0 saturated heterocycles. The highest BCUT2D eigenvalue weighted by atomic mass is 19.4. The molecule has 0 aliphatic carbocycles. The number of halogens is 3. The van der Waals surface area contributed by atoms with Crippen molar-refractivity contribution >= 4 is 11.9 Å². The van der Waals surface area contributed by atoms with E-state index in [1.165, 1.54) is 24.3 Å². The van der Waals surface area contributed by atoms with E-state index in [0.717, 1.165) is 17.8 Å². The number of ether oxygens (including phenoxy) is 1. The fourth-order valence-electron chi connectivity index (χ4n) is 2.85. The Kier molecular flexibility index (Phi) is 5.63. The van der Waals surface area contributed by atoms with Crippen LogP contribution in [0.1, 0.15) is 38.8 Å². The summed E-state index contributed by atoms with van der Waals surface area (Å²) in [5.74, 6) is 0.751. The van der Waals surface area contributed by atoms with Gasteiger partial charge >= 0.3 is 6.18 Å². The molecule has 3 rings (SSSR count). The van der Waals surface area contributed by atoms with Crippen molar-refractivity contribution in [3.05, 3.63) is 76.5 Å². The van der Waals surface area contributed by atoms with E-state index in [1.807, 2.05) is 6.92 Å². The van der Waals surface area contributed by atoms with Gasteiger partial charge in [-0.15, -0.1) is 0 Å². The van der Waals surface area contributed by atoms with Crippen LogP contribution in [-0.2, 0) is 19.8 Å². The molecule has 0 aliphatic heterocycles. The number of benzene rings is 1. The van der Waals surface area contributed by atoms with Crippen LogP contribution in [0.5, 0.6) is 5.75 Å². The molecule has 152 valence electrons. The Labute approximate surface area is 165 Å². The van der Waals surface area contributed by atoms with Crippen LogP contribution in [0.2, 0.25) is 0 Å². The number of alkyl halides is 3. The molecule has 0 atom stereocenters. The van der Waals surface area contributed by atoms with Crippen molar-refractivity contribution in [3.63, 3.8) is 0 Å². The molecule has 0 radical (unpaired) electrons. The van der Waals surface area contributed by atoms with Gasteiger partial charge in [0.05, 0.1) is 16.8 Å². The zero-order valence-corrected chi connectivity index (χ0v) is 16.1. The molecule has 0 spiro atoms. The smallest absolute Gasteiger partial charge is 0.416 e. The van der Waals surface area contributed by atoms with E-state index in [1.54, 1.807) is 30.8 Å². The topological polar surface area (TPSA) is 57.3 Å². The molecular formula is C21H19F3N2O3. The predicted molar refractivity (Wildman–Crippen MR) is 101 cm³/mol. The molecule has 5 nitrogen and oxygen atoms in total. The molecule has 0 amide bonds. The van der Waals surface area contributed by atoms with Gasteiger partial charge in [-0.05, 0) is 56.3 Å². The summed E-state index contributed by atoms with van der Waals surface area (Å²) < 4.78 is 50.8. The second-order valence-corrected chi connectivity index (χ2v) is 6.49. The molecule has 0 unspecified atom stereocenters. The maximum atomic E-state index is 12.7. The van der Waals surface area contributed by atoms with Crippen LogP contribution in [-0.4, -0.2) is 15.6 Å². The Morgan fingerprint density at radius 3 is 2.66 bits per heavy atom. The lowest BCUT2D eigenvalue weighted by Gasteiger charge is -2.09. The molecule has 0 bridgehead atoms. The SMILES string of the molecule is Cc1nn(C)c(C)c1C(=O)/C=C/c1ccc(COc2cccc(C(F)(F)F)c2)o1. The number of aryl methyl sites for hydroxylation is 2. The van der Waals surface area contributed by atoms with Crippen LogP contribution < -0.4 is 4.74 Å². The van der Waals surface area contributed by atoms with Crippen LogP contribution in [0.4, 0.5) is 13.2 Å². The molecule has 0 saturated carbocycles. The molecule has 0 fully saturated rings. The molecule has 1 aromatic carbocycles. The molecule has 0 aliphatic rings. The van der Waals surface area contributed by atoms with Gasteiger partial charge in [0.25, 0.3) is 0 Å². The lowest BCUT2D eigenvalue weighted by Crippen LogP contribution is -2.05. The standard InChI is InChI=1S/C21H19F3N2O3/c1-13-20(14(2)26(3)25-13)19(27)10-9-16-7-8-18(29-16)12-28-17-6-4-5-15(11-17)21(22,23)24/h4-11H,12H2,1-3H3/b10-9+. The Balaban J connectivity index is 1.64. The van der Waals surface area contributed by atoms with Gasteiger partial charge in [-0.3, -0.25) is 9.48 Å². The van der Waals surface area contributed by atoms with Crippen molar-refractivity contribution in [3.8, 4) is 5.75 Å². The second-order valence-electron chi connectivity index (χ2n) is 6.49. The number of furan rings is 1. The Hall–Kier alpha value is -3.29. The van der Waals surface area contributed by atoms with Crippen molar-refractivity contribution < 1.29 is 27.1 Å². The first kappa shape index (κ1) is 20.4. The first-order valence-corrected chi connectivity index (χ1v) is 8.76. The number of carbonyl (C=O) groups is 1. The van der Waals surface area contributed by atoms with E-state index >= 15 is 0 Å². The highest BCUT2D eigenvalue weighted by Crippen LogP contribution is 2.31. The third-order valence-corrected chi connectivity index (χ3v) is 4.38. The number of allylic oxidation sites excluding steroid dienone is 1. The summed E-state index contributed by atoms with van der Waals surface area (Å²) >= 11 is 0. The summed E-state index contributed by atoms with van der Waals surface area (Å²) in [6.45, 7) is 3.55. The van der Waals surface area contributed by atoms with Crippen molar-refractivity contribution in [1.82, 2.24) is 9.78 Å². The number of ketones is 1. The monoisotopic (exact) mass is 404 g/mol. The average molecular weight is 404 g/mol. The fraction of sp³-hybridized carbons (Fsp3) is 0.238. The highest BCUT2D eigenvalue weighted by Gasteiger charge is 2.30. The molecule has 2 heterocycles. The summed E-state index contributed by atoms with van der Waals surface area (Å²) in [5, 5.41) is 4.22. The highest BCUT2D eigenvalue weighted by molar-refractivity contribution is 6.08. The fourth-order valence-corrected chi connectivity index (χ4v) is 2.85. The van der Waals surface area contributed by atoms with E-state index < -0.39 is 11.7 Å². The first-order valence-electron chi connectivity index (χ1n) is 8.76. The van der Waals surface area contributed by atoms with Gasteiger partial charge in [0.1, 0.15) is 23.9 Å². The number of aromatic nitrogens is 2. The number of rotatable bonds is 6. The minimum atomic E-state index is -4.43. The minimum absolute atomic E-state index is 0.0378. The van der Waals surface area contributed by atoms with E-state index in [9.17, 15) is 18.0 Å². The third kappa shape index (κ3) is 4.77. The first-order chi connectivity index (χ1) is 13.6. The van der Waals surface area contributed by atoms with Crippen LogP contribution in [0.25, 0.3) is 6.08 Å². The van der Waals surface area contributed by atoms with Gasteiger partial charge in [0.2, 0.25) is 0 Å². The molecule has 2 aromatic heterocycles. The van der Waals surface area contributed by atoms with Crippen molar-refractivity contribution in [2.24, 2.45) is 7.05 Å². The van der Waals surface area contributed by atoms with Crippen molar-refractivity contribution in [2.45, 2.75) is 26.6 Å². The number of hydrogen-bond donors (Lipinski definition) is 0. The number of carbonyl (C=O) groups excluding carboxylic acids is 1. The molecule has 3 aromatic rings. The quantitative estimate of drug-likeness (QED) is 0.423. The summed E-state index contributed by atoms with van der Waals surface area (Å²) in [5.41, 5.74) is 1.18. The van der Waals surface area contributed by atoms with Crippen LogP contribution in [0.3, 0.4) is 0 Å². The number of nitrogens with zero attached hydrogens (tertiary/aromatic N) is 2. The molecular weight excluding hydrogens is 385 g/mol. The van der Waals surface area contributed by atoms with Gasteiger partial charge in [0, 0.05) is 12.7 Å². The minimum Gasteiger partial charge on any atom is -0.486 e. The van der Waals surface area contributed by atoms with E-state index in [4.69, 9.17) is 9.15 Å². The second kappa shape index (κ2) is 7.98. The zero-order chi connectivity index (χ0) is 21.2. The Morgan fingerprint density at radius 1 is 1.24 bits per heavy atom. The van der Waals surface area contributed by atoms with Gasteiger partial charge < -0.3 is 9.15 Å². The Morgan fingerprint density at radius 2 is 2.00 bits per heavy atom. The van der Waals surface area contributed by atoms with E-state index in [-0.39, 0.29) is 18.1 Å². The Bertz CT molecular complexity index is 1060. The van der Waals surface area contributed by atoms with Crippen LogP contribution in [0, 0.1) is 13.8 Å². The van der Waals surface area contributed by atoms with Gasteiger partial charge in [-0.2, -0.15) is 18.3 Å². The summed E-state index contributed by atoms with van der Waals surface area (Å²) in [4.78, 5) is 12.4. The maximum Gasteiger partial charge on any atom is 0.416 e. The van der Waals surface area contributed by atoms with Crippen molar-refractivity contribution in [1.29, 1.82) is 0 Å². The maximum absolute atomic E-state index is 12.7. The van der Waals surface area contributed by atoms with Crippen LogP contribution in [0.15, 0.2) is 46.9 Å². The largest absolute Gasteiger partial charge is 0.486 e. The summed E-state index contributed by atoms with van der Waals surface area (Å²) in [6.07, 6.45) is -1.51.